The van der Waals surface area contributed by atoms with E-state index in [0.29, 0.717) is 27.8 Å². The fourth-order valence-corrected chi connectivity index (χ4v) is 3.03. The van der Waals surface area contributed by atoms with Crippen LogP contribution in [0.4, 0.5) is 17.2 Å². The number of nitrogens with zero attached hydrogens (tertiary/aromatic N) is 3. The predicted octanol–water partition coefficient (Wildman–Crippen LogP) is 4.47. The first-order valence-corrected chi connectivity index (χ1v) is 9.16. The summed E-state index contributed by atoms with van der Waals surface area (Å²) in [5, 5.41) is 12.4. The molecule has 0 spiro atoms. The maximum absolute atomic E-state index is 12.4. The number of carbonyl (C=O) groups is 2. The highest BCUT2D eigenvalue weighted by Crippen LogP contribution is 2.26. The summed E-state index contributed by atoms with van der Waals surface area (Å²) in [6.07, 6.45) is 1.63. The second kappa shape index (κ2) is 9.00. The highest BCUT2D eigenvalue weighted by molar-refractivity contribution is 6.31. The fourth-order valence-electron chi connectivity index (χ4n) is 2.83. The Bertz CT molecular complexity index is 1110. The Morgan fingerprint density at radius 1 is 1.14 bits per heavy atom. The van der Waals surface area contributed by atoms with Crippen LogP contribution in [0.3, 0.4) is 0 Å². The molecule has 144 valence electrons. The Morgan fingerprint density at radius 2 is 1.93 bits per heavy atom. The van der Waals surface area contributed by atoms with E-state index >= 15 is 0 Å². The van der Waals surface area contributed by atoms with Gasteiger partial charge in [0.05, 0.1) is 23.7 Å². The van der Waals surface area contributed by atoms with Crippen molar-refractivity contribution in [2.45, 2.75) is 13.3 Å². The maximum atomic E-state index is 12.4. The van der Waals surface area contributed by atoms with Gasteiger partial charge in [0, 0.05) is 29.9 Å². The standard InChI is InChI=1S/C22H17ClN4O2/c1-15(28)27(19-7-4-5-16(11-19)14-24)21-13-18(9-10-25-21)26-22(29)12-17-6-2-3-8-20(17)23/h2-11,13H,12H2,1H3,(H,25,26,29). The molecule has 1 N–H and O–H groups in total. The van der Waals surface area contributed by atoms with Crippen molar-refractivity contribution in [2.75, 3.05) is 10.2 Å². The molecule has 3 aromatic rings. The third kappa shape index (κ3) is 4.98. The fraction of sp³-hybridized carbons (Fsp3) is 0.0909. The van der Waals surface area contributed by atoms with Crippen molar-refractivity contribution >= 4 is 40.6 Å². The van der Waals surface area contributed by atoms with E-state index in [0.717, 1.165) is 5.56 Å². The number of hydrogen-bond donors (Lipinski definition) is 1. The lowest BCUT2D eigenvalue weighted by atomic mass is 10.1. The first kappa shape index (κ1) is 20.1. The lowest BCUT2D eigenvalue weighted by molar-refractivity contribution is -0.116. The third-order valence-corrected chi connectivity index (χ3v) is 4.48. The largest absolute Gasteiger partial charge is 0.326 e. The van der Waals surface area contributed by atoms with E-state index < -0.39 is 0 Å². The van der Waals surface area contributed by atoms with Crippen molar-refractivity contribution in [3.05, 3.63) is 83.0 Å². The second-order valence-corrected chi connectivity index (χ2v) is 6.64. The number of rotatable bonds is 5. The molecule has 1 heterocycles. The molecule has 0 fully saturated rings. The van der Waals surface area contributed by atoms with Crippen molar-refractivity contribution in [1.29, 1.82) is 5.26 Å². The molecule has 0 bridgehead atoms. The number of benzene rings is 2. The van der Waals surface area contributed by atoms with Gasteiger partial charge < -0.3 is 5.32 Å². The normalized spacial score (nSPS) is 10.1. The van der Waals surface area contributed by atoms with Crippen molar-refractivity contribution in [1.82, 2.24) is 4.98 Å². The number of hydrogen-bond acceptors (Lipinski definition) is 4. The molecule has 0 unspecified atom stereocenters. The van der Waals surface area contributed by atoms with E-state index in [2.05, 4.69) is 16.4 Å². The van der Waals surface area contributed by atoms with E-state index in [1.165, 1.54) is 18.0 Å². The molecule has 6 nitrogen and oxygen atoms in total. The van der Waals surface area contributed by atoms with Gasteiger partial charge in [0.15, 0.2) is 0 Å². The van der Waals surface area contributed by atoms with Gasteiger partial charge in [-0.3, -0.25) is 14.5 Å². The van der Waals surface area contributed by atoms with Gasteiger partial charge >= 0.3 is 0 Å². The number of pyridine rings is 1. The monoisotopic (exact) mass is 404 g/mol. The van der Waals surface area contributed by atoms with E-state index in [1.54, 1.807) is 54.6 Å². The molecule has 2 amide bonds. The highest BCUT2D eigenvalue weighted by Gasteiger charge is 2.17. The zero-order valence-corrected chi connectivity index (χ0v) is 16.3. The van der Waals surface area contributed by atoms with Crippen LogP contribution in [-0.2, 0) is 16.0 Å². The SMILES string of the molecule is CC(=O)N(c1cccc(C#N)c1)c1cc(NC(=O)Cc2ccccc2Cl)ccn1. The minimum absolute atomic E-state index is 0.123. The van der Waals surface area contributed by atoms with Crippen molar-refractivity contribution in [3.8, 4) is 6.07 Å². The minimum atomic E-state index is -0.271. The molecule has 0 radical (unpaired) electrons. The molecule has 29 heavy (non-hydrogen) atoms. The van der Waals surface area contributed by atoms with Gasteiger partial charge in [-0.2, -0.15) is 5.26 Å². The van der Waals surface area contributed by atoms with Gasteiger partial charge in [-0.15, -0.1) is 0 Å². The first-order valence-electron chi connectivity index (χ1n) is 8.78. The Balaban J connectivity index is 1.83. The number of amides is 2. The molecule has 0 saturated heterocycles. The van der Waals surface area contributed by atoms with Crippen LogP contribution in [0.2, 0.25) is 5.02 Å². The molecule has 0 atom stereocenters. The Hall–Kier alpha value is -3.69. The van der Waals surface area contributed by atoms with Gasteiger partial charge in [0.2, 0.25) is 11.8 Å². The van der Waals surface area contributed by atoms with Crippen molar-refractivity contribution in [2.24, 2.45) is 0 Å². The minimum Gasteiger partial charge on any atom is -0.326 e. The van der Waals surface area contributed by atoms with Crippen LogP contribution in [0, 0.1) is 11.3 Å². The quantitative estimate of drug-likeness (QED) is 0.679. The van der Waals surface area contributed by atoms with Crippen LogP contribution in [0.1, 0.15) is 18.1 Å². The van der Waals surface area contributed by atoms with Crippen LogP contribution in [0.25, 0.3) is 0 Å². The van der Waals surface area contributed by atoms with Crippen LogP contribution in [0.15, 0.2) is 66.9 Å². The molecule has 2 aromatic carbocycles. The molecule has 0 aliphatic carbocycles. The molecule has 0 saturated carbocycles. The van der Waals surface area contributed by atoms with Crippen LogP contribution in [0.5, 0.6) is 0 Å². The molecule has 0 aliphatic rings. The maximum Gasteiger partial charge on any atom is 0.229 e. The van der Waals surface area contributed by atoms with Gasteiger partial charge in [-0.25, -0.2) is 4.98 Å². The molecule has 7 heteroatoms. The van der Waals surface area contributed by atoms with Crippen molar-refractivity contribution in [3.63, 3.8) is 0 Å². The lowest BCUT2D eigenvalue weighted by Crippen LogP contribution is -2.24. The summed E-state index contributed by atoms with van der Waals surface area (Å²) in [5.74, 6) is -0.175. The van der Waals surface area contributed by atoms with Gasteiger partial charge in [-0.1, -0.05) is 35.9 Å². The van der Waals surface area contributed by atoms with Crippen LogP contribution < -0.4 is 10.2 Å². The lowest BCUT2D eigenvalue weighted by Gasteiger charge is -2.21. The van der Waals surface area contributed by atoms with Gasteiger partial charge in [0.25, 0.3) is 0 Å². The number of nitriles is 1. The zero-order valence-electron chi connectivity index (χ0n) is 15.6. The highest BCUT2D eigenvalue weighted by atomic mass is 35.5. The number of aromatic nitrogens is 1. The molecular weight excluding hydrogens is 388 g/mol. The number of nitrogens with one attached hydrogen (secondary N) is 1. The summed E-state index contributed by atoms with van der Waals surface area (Å²) in [6, 6.07) is 19.1. The average Bonchev–Trinajstić information content (AvgIpc) is 2.70. The van der Waals surface area contributed by atoms with Crippen molar-refractivity contribution < 1.29 is 9.59 Å². The molecular formula is C22H17ClN4O2. The zero-order chi connectivity index (χ0) is 20.8. The Kier molecular flexibility index (Phi) is 6.22. The summed E-state index contributed by atoms with van der Waals surface area (Å²) in [4.78, 5) is 30.3. The number of halogens is 1. The molecule has 3 rings (SSSR count). The van der Waals surface area contributed by atoms with Gasteiger partial charge in [0.1, 0.15) is 5.82 Å². The second-order valence-electron chi connectivity index (χ2n) is 6.24. The van der Waals surface area contributed by atoms with E-state index in [9.17, 15) is 9.59 Å². The molecule has 0 aliphatic heterocycles. The third-order valence-electron chi connectivity index (χ3n) is 4.12. The summed E-state index contributed by atoms with van der Waals surface area (Å²) in [7, 11) is 0. The van der Waals surface area contributed by atoms with E-state index in [-0.39, 0.29) is 18.2 Å². The number of anilines is 3. The Morgan fingerprint density at radius 3 is 2.66 bits per heavy atom. The summed E-state index contributed by atoms with van der Waals surface area (Å²) >= 11 is 6.11. The Labute approximate surface area is 173 Å². The molecule has 1 aromatic heterocycles. The van der Waals surface area contributed by atoms with Crippen LogP contribution >= 0.6 is 11.6 Å². The van der Waals surface area contributed by atoms with E-state index in [1.807, 2.05) is 6.07 Å². The first-order chi connectivity index (χ1) is 14.0. The topological polar surface area (TPSA) is 86.1 Å². The smallest absolute Gasteiger partial charge is 0.229 e. The average molecular weight is 405 g/mol. The van der Waals surface area contributed by atoms with Gasteiger partial charge in [-0.05, 0) is 35.9 Å². The van der Waals surface area contributed by atoms with Crippen LogP contribution in [-0.4, -0.2) is 16.8 Å². The summed E-state index contributed by atoms with van der Waals surface area (Å²) < 4.78 is 0. The summed E-state index contributed by atoms with van der Waals surface area (Å²) in [6.45, 7) is 1.41. The summed E-state index contributed by atoms with van der Waals surface area (Å²) in [5.41, 5.74) is 2.16. The predicted molar refractivity (Wildman–Crippen MR) is 112 cm³/mol. The van der Waals surface area contributed by atoms with E-state index in [4.69, 9.17) is 16.9 Å². The number of carbonyl (C=O) groups excluding carboxylic acids is 2.